The van der Waals surface area contributed by atoms with Crippen LogP contribution in [0.4, 0.5) is 4.39 Å². The molecule has 3 rings (SSSR count). The number of halogens is 1. The van der Waals surface area contributed by atoms with Crippen molar-refractivity contribution in [3.05, 3.63) is 29.6 Å². The monoisotopic (exact) mass is 396 g/mol. The highest BCUT2D eigenvalue weighted by atomic mass is 32.2. The molecule has 0 spiro atoms. The summed E-state index contributed by atoms with van der Waals surface area (Å²) in [4.78, 5) is 12.7. The van der Waals surface area contributed by atoms with Crippen LogP contribution < -0.4 is 5.32 Å². The minimum absolute atomic E-state index is 0.0111. The number of nitrogens with zero attached hydrogens (tertiary/aromatic N) is 1. The summed E-state index contributed by atoms with van der Waals surface area (Å²) >= 11 is 0. The largest absolute Gasteiger partial charge is 0.349 e. The lowest BCUT2D eigenvalue weighted by Gasteiger charge is -2.34. The maximum absolute atomic E-state index is 14.3. The van der Waals surface area contributed by atoms with Crippen LogP contribution in [0.25, 0.3) is 0 Å². The molecule has 1 saturated carbocycles. The maximum atomic E-state index is 14.3. The Kier molecular flexibility index (Phi) is 6.21. The Morgan fingerprint density at radius 2 is 1.81 bits per heavy atom. The van der Waals surface area contributed by atoms with Gasteiger partial charge in [0.05, 0.1) is 10.5 Å². The van der Waals surface area contributed by atoms with E-state index in [0.29, 0.717) is 24.9 Å². The summed E-state index contributed by atoms with van der Waals surface area (Å²) in [5.74, 6) is -0.415. The van der Waals surface area contributed by atoms with Crippen LogP contribution in [-0.2, 0) is 10.0 Å². The van der Waals surface area contributed by atoms with Gasteiger partial charge in [0.2, 0.25) is 10.0 Å². The van der Waals surface area contributed by atoms with E-state index in [2.05, 4.69) is 19.2 Å². The molecular formula is C20H29FN2O3S. The Balaban J connectivity index is 1.81. The van der Waals surface area contributed by atoms with Crippen molar-refractivity contribution in [1.82, 2.24) is 9.62 Å². The van der Waals surface area contributed by atoms with Gasteiger partial charge in [-0.25, -0.2) is 12.8 Å². The molecule has 0 aromatic heterocycles. The van der Waals surface area contributed by atoms with Gasteiger partial charge < -0.3 is 5.32 Å². The maximum Gasteiger partial charge on any atom is 0.254 e. The van der Waals surface area contributed by atoms with Crippen LogP contribution >= 0.6 is 0 Å². The van der Waals surface area contributed by atoms with E-state index in [4.69, 9.17) is 0 Å². The zero-order chi connectivity index (χ0) is 19.6. The molecule has 1 aromatic carbocycles. The molecule has 2 aliphatic rings. The van der Waals surface area contributed by atoms with Gasteiger partial charge in [-0.1, -0.05) is 33.1 Å². The number of rotatable bonds is 4. The summed E-state index contributed by atoms with van der Waals surface area (Å²) in [5.41, 5.74) is -0.196. The fourth-order valence-corrected chi connectivity index (χ4v) is 5.67. The van der Waals surface area contributed by atoms with Gasteiger partial charge in [-0.05, 0) is 49.3 Å². The first-order chi connectivity index (χ1) is 12.8. The minimum Gasteiger partial charge on any atom is -0.349 e. The Labute approximate surface area is 161 Å². The van der Waals surface area contributed by atoms with Crippen LogP contribution in [-0.4, -0.2) is 37.8 Å². The molecule has 1 aliphatic carbocycles. The van der Waals surface area contributed by atoms with Gasteiger partial charge in [0, 0.05) is 19.1 Å². The molecule has 3 atom stereocenters. The van der Waals surface area contributed by atoms with Crippen LogP contribution in [0.2, 0.25) is 0 Å². The number of carbonyl (C=O) groups excluding carboxylic acids is 1. The summed E-state index contributed by atoms with van der Waals surface area (Å²) in [6.07, 6.45) is 5.69. The zero-order valence-corrected chi connectivity index (χ0v) is 16.9. The van der Waals surface area contributed by atoms with Crippen LogP contribution in [0, 0.1) is 17.7 Å². The lowest BCUT2D eigenvalue weighted by molar-refractivity contribution is 0.0886. The van der Waals surface area contributed by atoms with Gasteiger partial charge >= 0.3 is 0 Å². The summed E-state index contributed by atoms with van der Waals surface area (Å²) in [6.45, 7) is 5.20. The lowest BCUT2D eigenvalue weighted by Crippen LogP contribution is -2.44. The minimum atomic E-state index is -3.70. The molecule has 1 amide bonds. The van der Waals surface area contributed by atoms with E-state index in [1.165, 1.54) is 16.4 Å². The highest BCUT2D eigenvalue weighted by Gasteiger charge is 2.30. The number of hydrogen-bond acceptors (Lipinski definition) is 3. The fraction of sp³-hybridized carbons (Fsp3) is 0.650. The van der Waals surface area contributed by atoms with Crippen LogP contribution in [0.5, 0.6) is 0 Å². The second-order valence-electron chi connectivity index (χ2n) is 7.95. The Morgan fingerprint density at radius 1 is 1.11 bits per heavy atom. The smallest absolute Gasteiger partial charge is 0.254 e. The molecule has 5 nitrogen and oxygen atoms in total. The predicted molar refractivity (Wildman–Crippen MR) is 102 cm³/mol. The van der Waals surface area contributed by atoms with E-state index in [1.807, 2.05) is 0 Å². The molecule has 27 heavy (non-hydrogen) atoms. The first-order valence-corrected chi connectivity index (χ1v) is 11.4. The summed E-state index contributed by atoms with van der Waals surface area (Å²) < 4.78 is 41.4. The predicted octanol–water partition coefficient (Wildman–Crippen LogP) is 3.55. The highest BCUT2D eigenvalue weighted by Crippen LogP contribution is 2.30. The van der Waals surface area contributed by atoms with Crippen LogP contribution in [0.1, 0.15) is 62.7 Å². The van der Waals surface area contributed by atoms with Crippen molar-refractivity contribution in [3.8, 4) is 0 Å². The normalized spacial score (nSPS) is 27.3. The third-order valence-electron chi connectivity index (χ3n) is 6.16. The number of nitrogens with one attached hydrogen (secondary N) is 1. The first kappa shape index (κ1) is 20.3. The van der Waals surface area contributed by atoms with Crippen molar-refractivity contribution < 1.29 is 17.6 Å². The topological polar surface area (TPSA) is 66.5 Å². The van der Waals surface area contributed by atoms with Gasteiger partial charge in [-0.2, -0.15) is 4.31 Å². The van der Waals surface area contributed by atoms with E-state index in [9.17, 15) is 17.6 Å². The number of carbonyl (C=O) groups is 1. The highest BCUT2D eigenvalue weighted by molar-refractivity contribution is 7.89. The van der Waals surface area contributed by atoms with Gasteiger partial charge in [0.25, 0.3) is 5.91 Å². The Morgan fingerprint density at radius 3 is 2.52 bits per heavy atom. The summed E-state index contributed by atoms with van der Waals surface area (Å²) in [5, 5.41) is 2.93. The van der Waals surface area contributed by atoms with E-state index >= 15 is 0 Å². The number of amides is 1. The van der Waals surface area contributed by atoms with Gasteiger partial charge in [-0.3, -0.25) is 4.79 Å². The van der Waals surface area contributed by atoms with Gasteiger partial charge in [0.15, 0.2) is 0 Å². The number of piperidine rings is 1. The van der Waals surface area contributed by atoms with Gasteiger partial charge in [-0.15, -0.1) is 0 Å². The van der Waals surface area contributed by atoms with Crippen molar-refractivity contribution in [2.75, 3.05) is 13.1 Å². The van der Waals surface area contributed by atoms with E-state index in [-0.39, 0.29) is 16.5 Å². The third-order valence-corrected chi connectivity index (χ3v) is 8.05. The molecule has 1 heterocycles. The fourth-order valence-electron chi connectivity index (χ4n) is 4.13. The van der Waals surface area contributed by atoms with Crippen molar-refractivity contribution in [3.63, 3.8) is 0 Å². The Hall–Kier alpha value is -1.47. The Bertz CT molecular complexity index is 790. The molecule has 1 aliphatic heterocycles. The van der Waals surface area contributed by atoms with E-state index in [0.717, 1.165) is 44.6 Å². The van der Waals surface area contributed by atoms with Crippen molar-refractivity contribution in [1.29, 1.82) is 0 Å². The first-order valence-electron chi connectivity index (χ1n) is 9.91. The molecule has 7 heteroatoms. The number of benzene rings is 1. The molecule has 1 aromatic rings. The third kappa shape index (κ3) is 4.35. The number of sulfonamides is 1. The summed E-state index contributed by atoms with van der Waals surface area (Å²) in [7, 11) is -3.70. The molecule has 0 radical (unpaired) electrons. The molecular weight excluding hydrogens is 367 g/mol. The van der Waals surface area contributed by atoms with Crippen molar-refractivity contribution in [2.24, 2.45) is 11.8 Å². The molecule has 1 saturated heterocycles. The van der Waals surface area contributed by atoms with Crippen LogP contribution in [0.3, 0.4) is 0 Å². The molecule has 1 N–H and O–H groups in total. The van der Waals surface area contributed by atoms with Gasteiger partial charge in [0.1, 0.15) is 5.82 Å². The molecule has 0 bridgehead atoms. The SMILES string of the molecule is CC1CCCC(NC(=O)c2cc(S(=O)(=O)N3CCCCC3)ccc2F)C1C. The second-order valence-corrected chi connectivity index (χ2v) is 9.89. The van der Waals surface area contributed by atoms with E-state index < -0.39 is 21.7 Å². The molecule has 150 valence electrons. The van der Waals surface area contributed by atoms with Crippen LogP contribution in [0.15, 0.2) is 23.1 Å². The quantitative estimate of drug-likeness (QED) is 0.846. The van der Waals surface area contributed by atoms with Crippen molar-refractivity contribution in [2.45, 2.75) is 63.3 Å². The van der Waals surface area contributed by atoms with Crippen molar-refractivity contribution >= 4 is 15.9 Å². The average molecular weight is 397 g/mol. The van der Waals surface area contributed by atoms with E-state index in [1.54, 1.807) is 0 Å². The molecule has 2 fully saturated rings. The average Bonchev–Trinajstić information content (AvgIpc) is 2.66. The zero-order valence-electron chi connectivity index (χ0n) is 16.1. The lowest BCUT2D eigenvalue weighted by atomic mass is 9.78. The molecule has 3 unspecified atom stereocenters. The second kappa shape index (κ2) is 8.27. The number of hydrogen-bond donors (Lipinski definition) is 1. The summed E-state index contributed by atoms with van der Waals surface area (Å²) in [6, 6.07) is 3.51. The standard InChI is InChI=1S/C20H29FN2O3S/c1-14-7-6-8-19(15(14)2)22-20(24)17-13-16(9-10-18(17)21)27(25,26)23-11-4-3-5-12-23/h9-10,13-15,19H,3-8,11-12H2,1-2H3,(H,22,24).